The van der Waals surface area contributed by atoms with E-state index < -0.39 is 0 Å². The third-order valence-corrected chi connectivity index (χ3v) is 3.64. The number of rotatable bonds is 6. The fourth-order valence-corrected chi connectivity index (χ4v) is 2.20. The number of nitrogens with zero attached hydrogens (tertiary/aromatic N) is 1. The maximum atomic E-state index is 5.27. The van der Waals surface area contributed by atoms with Gasteiger partial charge >= 0.3 is 0 Å². The summed E-state index contributed by atoms with van der Waals surface area (Å²) in [5.41, 5.74) is 1.28. The number of hydrogen-bond donors (Lipinski definition) is 0. The largest absolute Gasteiger partial charge is 0.497 e. The Kier molecular flexibility index (Phi) is 6.00. The molecule has 0 radical (unpaired) electrons. The molecule has 0 aromatic heterocycles. The zero-order chi connectivity index (χ0) is 12.8. The van der Waals surface area contributed by atoms with Crippen LogP contribution in [0, 0.1) is 0 Å². The summed E-state index contributed by atoms with van der Waals surface area (Å²) in [7, 11) is 1.71. The summed E-state index contributed by atoms with van der Waals surface area (Å²) in [6.45, 7) is 8.79. The van der Waals surface area contributed by atoms with Crippen LogP contribution in [0.15, 0.2) is 22.7 Å². The highest BCUT2D eigenvalue weighted by Crippen LogP contribution is 2.24. The Labute approximate surface area is 113 Å². The van der Waals surface area contributed by atoms with Crippen LogP contribution in [0.3, 0.4) is 0 Å². The summed E-state index contributed by atoms with van der Waals surface area (Å²) in [5, 5.41) is 0. The molecule has 96 valence electrons. The molecule has 0 atom stereocenters. The minimum absolute atomic E-state index is 0.563. The van der Waals surface area contributed by atoms with E-state index >= 15 is 0 Å². The van der Waals surface area contributed by atoms with Crippen molar-refractivity contribution in [1.29, 1.82) is 0 Å². The predicted molar refractivity (Wildman–Crippen MR) is 76.5 cm³/mol. The smallest absolute Gasteiger partial charge is 0.119 e. The van der Waals surface area contributed by atoms with E-state index in [1.165, 1.54) is 12.0 Å². The highest BCUT2D eigenvalue weighted by molar-refractivity contribution is 9.10. The summed E-state index contributed by atoms with van der Waals surface area (Å²) in [6, 6.07) is 6.70. The van der Waals surface area contributed by atoms with Crippen LogP contribution >= 0.6 is 15.9 Å². The van der Waals surface area contributed by atoms with Crippen molar-refractivity contribution in [3.63, 3.8) is 0 Å². The summed E-state index contributed by atoms with van der Waals surface area (Å²) in [5.74, 6) is 0.920. The second kappa shape index (κ2) is 7.02. The molecule has 3 heteroatoms. The zero-order valence-electron chi connectivity index (χ0n) is 11.2. The Morgan fingerprint density at radius 1 is 1.35 bits per heavy atom. The van der Waals surface area contributed by atoms with E-state index in [1.807, 2.05) is 6.07 Å². The second-order valence-corrected chi connectivity index (χ2v) is 5.38. The monoisotopic (exact) mass is 299 g/mol. The molecule has 0 aliphatic carbocycles. The van der Waals surface area contributed by atoms with Crippen LogP contribution in [0.4, 0.5) is 0 Å². The van der Waals surface area contributed by atoms with Crippen molar-refractivity contribution in [3.8, 4) is 5.75 Å². The maximum absolute atomic E-state index is 5.27. The SMILES string of the molecule is CCCN(Cc1cc(OC)ccc1Br)C(C)C. The van der Waals surface area contributed by atoms with Crippen molar-refractivity contribution >= 4 is 15.9 Å². The lowest BCUT2D eigenvalue weighted by molar-refractivity contribution is 0.212. The fraction of sp³-hybridized carbons (Fsp3) is 0.571. The van der Waals surface area contributed by atoms with E-state index in [2.05, 4.69) is 53.7 Å². The molecular weight excluding hydrogens is 278 g/mol. The van der Waals surface area contributed by atoms with Crippen LogP contribution in [0.2, 0.25) is 0 Å². The normalized spacial score (nSPS) is 11.2. The lowest BCUT2D eigenvalue weighted by Crippen LogP contribution is -2.31. The first-order chi connectivity index (χ1) is 8.08. The van der Waals surface area contributed by atoms with Crippen LogP contribution in [0.25, 0.3) is 0 Å². The van der Waals surface area contributed by atoms with Gasteiger partial charge in [0.05, 0.1) is 7.11 Å². The fourth-order valence-electron chi connectivity index (χ4n) is 1.83. The molecule has 0 spiro atoms. The van der Waals surface area contributed by atoms with E-state index in [9.17, 15) is 0 Å². The molecule has 1 aromatic carbocycles. The molecule has 0 fully saturated rings. The zero-order valence-corrected chi connectivity index (χ0v) is 12.8. The highest BCUT2D eigenvalue weighted by atomic mass is 79.9. The number of benzene rings is 1. The van der Waals surface area contributed by atoms with Crippen LogP contribution in [0.5, 0.6) is 5.75 Å². The van der Waals surface area contributed by atoms with Crippen LogP contribution in [-0.4, -0.2) is 24.6 Å². The molecule has 0 bridgehead atoms. The molecular formula is C14H22BrNO. The Hall–Kier alpha value is -0.540. The molecule has 0 heterocycles. The first kappa shape index (κ1) is 14.5. The van der Waals surface area contributed by atoms with Gasteiger partial charge in [0.15, 0.2) is 0 Å². The van der Waals surface area contributed by atoms with Gasteiger partial charge in [-0.25, -0.2) is 0 Å². The van der Waals surface area contributed by atoms with Gasteiger partial charge in [-0.3, -0.25) is 4.90 Å². The van der Waals surface area contributed by atoms with Crippen molar-refractivity contribution in [2.24, 2.45) is 0 Å². The highest BCUT2D eigenvalue weighted by Gasteiger charge is 2.11. The van der Waals surface area contributed by atoms with E-state index in [0.29, 0.717) is 6.04 Å². The van der Waals surface area contributed by atoms with E-state index in [0.717, 1.165) is 23.3 Å². The average molecular weight is 300 g/mol. The lowest BCUT2D eigenvalue weighted by Gasteiger charge is -2.26. The van der Waals surface area contributed by atoms with Crippen molar-refractivity contribution in [1.82, 2.24) is 4.90 Å². The topological polar surface area (TPSA) is 12.5 Å². The van der Waals surface area contributed by atoms with Gasteiger partial charge in [0.25, 0.3) is 0 Å². The number of ether oxygens (including phenoxy) is 1. The number of hydrogen-bond acceptors (Lipinski definition) is 2. The summed E-state index contributed by atoms with van der Waals surface area (Å²) >= 11 is 3.61. The van der Waals surface area contributed by atoms with E-state index in [4.69, 9.17) is 4.74 Å². The molecule has 0 aliphatic rings. The molecule has 0 unspecified atom stereocenters. The van der Waals surface area contributed by atoms with Gasteiger partial charge < -0.3 is 4.74 Å². The summed E-state index contributed by atoms with van der Waals surface area (Å²) in [6.07, 6.45) is 1.18. The van der Waals surface area contributed by atoms with Gasteiger partial charge in [0.2, 0.25) is 0 Å². The first-order valence-corrected chi connectivity index (χ1v) is 6.94. The molecule has 0 saturated heterocycles. The lowest BCUT2D eigenvalue weighted by atomic mass is 10.1. The molecule has 0 aliphatic heterocycles. The minimum atomic E-state index is 0.563. The van der Waals surface area contributed by atoms with Crippen molar-refractivity contribution in [3.05, 3.63) is 28.2 Å². The van der Waals surface area contributed by atoms with Crippen molar-refractivity contribution in [2.75, 3.05) is 13.7 Å². The Morgan fingerprint density at radius 3 is 2.59 bits per heavy atom. The molecule has 2 nitrogen and oxygen atoms in total. The Bertz CT molecular complexity index is 352. The van der Waals surface area contributed by atoms with Gasteiger partial charge in [0, 0.05) is 17.1 Å². The minimum Gasteiger partial charge on any atom is -0.497 e. The van der Waals surface area contributed by atoms with Crippen LogP contribution < -0.4 is 4.74 Å². The summed E-state index contributed by atoms with van der Waals surface area (Å²) < 4.78 is 6.43. The van der Waals surface area contributed by atoms with E-state index in [1.54, 1.807) is 7.11 Å². The second-order valence-electron chi connectivity index (χ2n) is 4.52. The molecule has 1 aromatic rings. The number of methoxy groups -OCH3 is 1. The molecule has 0 amide bonds. The average Bonchev–Trinajstić information content (AvgIpc) is 2.31. The third-order valence-electron chi connectivity index (χ3n) is 2.87. The van der Waals surface area contributed by atoms with Crippen molar-refractivity contribution in [2.45, 2.75) is 39.8 Å². The van der Waals surface area contributed by atoms with Crippen molar-refractivity contribution < 1.29 is 4.74 Å². The molecule has 0 saturated carbocycles. The van der Waals surface area contributed by atoms with Gasteiger partial charge in [-0.15, -0.1) is 0 Å². The van der Waals surface area contributed by atoms with Gasteiger partial charge in [-0.05, 0) is 50.6 Å². The summed E-state index contributed by atoms with van der Waals surface area (Å²) in [4.78, 5) is 2.47. The molecule has 1 rings (SSSR count). The van der Waals surface area contributed by atoms with E-state index in [-0.39, 0.29) is 0 Å². The first-order valence-electron chi connectivity index (χ1n) is 6.15. The number of halogens is 1. The predicted octanol–water partition coefficient (Wildman–Crippen LogP) is 4.08. The maximum Gasteiger partial charge on any atom is 0.119 e. The van der Waals surface area contributed by atoms with Crippen LogP contribution in [-0.2, 0) is 6.54 Å². The third kappa shape index (κ3) is 4.32. The molecule has 17 heavy (non-hydrogen) atoms. The standard InChI is InChI=1S/C14H22BrNO/c1-5-8-16(11(2)3)10-12-9-13(17-4)6-7-14(12)15/h6-7,9,11H,5,8,10H2,1-4H3. The van der Waals surface area contributed by atoms with Gasteiger partial charge in [-0.2, -0.15) is 0 Å². The Morgan fingerprint density at radius 2 is 2.06 bits per heavy atom. The van der Waals surface area contributed by atoms with Gasteiger partial charge in [-0.1, -0.05) is 22.9 Å². The quantitative estimate of drug-likeness (QED) is 0.785. The molecule has 0 N–H and O–H groups in total. The van der Waals surface area contributed by atoms with Gasteiger partial charge in [0.1, 0.15) is 5.75 Å². The Balaban J connectivity index is 2.84. The van der Waals surface area contributed by atoms with Crippen LogP contribution in [0.1, 0.15) is 32.8 Å².